The van der Waals surface area contributed by atoms with Crippen molar-refractivity contribution in [2.75, 3.05) is 14.2 Å². The zero-order chi connectivity index (χ0) is 18.5. The van der Waals surface area contributed by atoms with Crippen LogP contribution in [-0.4, -0.2) is 35.1 Å². The van der Waals surface area contributed by atoms with Crippen LogP contribution in [0.3, 0.4) is 0 Å². The highest BCUT2D eigenvalue weighted by atomic mass is 16.5. The molecule has 0 aliphatic rings. The molecule has 1 aromatic carbocycles. The number of carbonyl (C=O) groups is 1. The SMILES string of the molecule is COc1ccc(-c2noc(CCC(=O)N(C)C(C)c3ccco3)n2)cc1. The monoisotopic (exact) mass is 355 g/mol. The van der Waals surface area contributed by atoms with E-state index in [0.29, 0.717) is 18.1 Å². The van der Waals surface area contributed by atoms with Crippen molar-refractivity contribution in [3.8, 4) is 17.1 Å². The Morgan fingerprint density at radius 3 is 2.69 bits per heavy atom. The molecule has 0 aliphatic heterocycles. The van der Waals surface area contributed by atoms with Crippen molar-refractivity contribution in [2.45, 2.75) is 25.8 Å². The molecule has 2 aromatic heterocycles. The molecule has 0 N–H and O–H groups in total. The zero-order valence-corrected chi connectivity index (χ0v) is 15.0. The van der Waals surface area contributed by atoms with Gasteiger partial charge in [0, 0.05) is 25.5 Å². The van der Waals surface area contributed by atoms with E-state index in [0.717, 1.165) is 17.1 Å². The molecule has 7 heteroatoms. The van der Waals surface area contributed by atoms with Gasteiger partial charge in [-0.15, -0.1) is 0 Å². The van der Waals surface area contributed by atoms with Crippen LogP contribution in [-0.2, 0) is 11.2 Å². The van der Waals surface area contributed by atoms with Gasteiger partial charge < -0.3 is 18.6 Å². The maximum absolute atomic E-state index is 12.4. The van der Waals surface area contributed by atoms with Gasteiger partial charge in [0.15, 0.2) is 0 Å². The Kier molecular flexibility index (Phi) is 5.36. The zero-order valence-electron chi connectivity index (χ0n) is 15.0. The van der Waals surface area contributed by atoms with Gasteiger partial charge in [0.25, 0.3) is 0 Å². The van der Waals surface area contributed by atoms with Gasteiger partial charge in [-0.2, -0.15) is 4.98 Å². The van der Waals surface area contributed by atoms with Crippen molar-refractivity contribution in [1.82, 2.24) is 15.0 Å². The first kappa shape index (κ1) is 17.7. The van der Waals surface area contributed by atoms with Gasteiger partial charge in [-0.1, -0.05) is 5.16 Å². The molecule has 26 heavy (non-hydrogen) atoms. The van der Waals surface area contributed by atoms with Crippen LogP contribution in [0.5, 0.6) is 5.75 Å². The lowest BCUT2D eigenvalue weighted by molar-refractivity contribution is -0.132. The van der Waals surface area contributed by atoms with E-state index < -0.39 is 0 Å². The Balaban J connectivity index is 1.58. The Bertz CT molecular complexity index is 840. The Hall–Kier alpha value is -3.09. The summed E-state index contributed by atoms with van der Waals surface area (Å²) in [5.74, 6) is 2.42. The topological polar surface area (TPSA) is 81.6 Å². The fourth-order valence-corrected chi connectivity index (χ4v) is 2.54. The molecule has 0 radical (unpaired) electrons. The molecule has 0 fully saturated rings. The number of methoxy groups -OCH3 is 1. The van der Waals surface area contributed by atoms with Crippen molar-refractivity contribution >= 4 is 5.91 Å². The molecule has 3 rings (SSSR count). The molecule has 2 heterocycles. The third-order valence-corrected chi connectivity index (χ3v) is 4.30. The van der Waals surface area contributed by atoms with Crippen LogP contribution in [0.1, 0.15) is 31.0 Å². The molecule has 0 saturated carbocycles. The minimum Gasteiger partial charge on any atom is -0.497 e. The Morgan fingerprint density at radius 1 is 1.27 bits per heavy atom. The Morgan fingerprint density at radius 2 is 2.04 bits per heavy atom. The van der Waals surface area contributed by atoms with Gasteiger partial charge in [-0.25, -0.2) is 0 Å². The molecular weight excluding hydrogens is 334 g/mol. The highest BCUT2D eigenvalue weighted by molar-refractivity contribution is 5.76. The van der Waals surface area contributed by atoms with Crippen molar-refractivity contribution in [2.24, 2.45) is 0 Å². The van der Waals surface area contributed by atoms with Crippen molar-refractivity contribution in [3.05, 3.63) is 54.3 Å². The van der Waals surface area contributed by atoms with Crippen molar-refractivity contribution in [3.63, 3.8) is 0 Å². The largest absolute Gasteiger partial charge is 0.497 e. The lowest BCUT2D eigenvalue weighted by Gasteiger charge is -2.23. The van der Waals surface area contributed by atoms with Crippen LogP contribution in [0.4, 0.5) is 0 Å². The molecule has 0 saturated heterocycles. The first-order chi connectivity index (χ1) is 12.6. The number of aryl methyl sites for hydroxylation is 1. The predicted octanol–water partition coefficient (Wildman–Crippen LogP) is 3.49. The standard InChI is InChI=1S/C19H21N3O4/c1-13(16-5-4-12-25-16)22(2)18(23)11-10-17-20-19(21-26-17)14-6-8-15(24-3)9-7-14/h4-9,12-13H,10-11H2,1-3H3. The van der Waals surface area contributed by atoms with E-state index in [4.69, 9.17) is 13.7 Å². The molecule has 1 amide bonds. The third kappa shape index (κ3) is 3.93. The first-order valence-electron chi connectivity index (χ1n) is 8.34. The van der Waals surface area contributed by atoms with Gasteiger partial charge in [0.2, 0.25) is 17.6 Å². The molecule has 1 atom stereocenters. The molecular formula is C19H21N3O4. The number of ether oxygens (including phenoxy) is 1. The maximum atomic E-state index is 12.4. The summed E-state index contributed by atoms with van der Waals surface area (Å²) in [5.41, 5.74) is 0.829. The van der Waals surface area contributed by atoms with Crippen LogP contribution in [0.2, 0.25) is 0 Å². The molecule has 0 bridgehead atoms. The highest BCUT2D eigenvalue weighted by Crippen LogP contribution is 2.21. The second-order valence-corrected chi connectivity index (χ2v) is 5.94. The fraction of sp³-hybridized carbons (Fsp3) is 0.316. The molecule has 136 valence electrons. The van der Waals surface area contributed by atoms with Gasteiger partial charge in [0.05, 0.1) is 19.4 Å². The number of hydrogen-bond acceptors (Lipinski definition) is 6. The van der Waals surface area contributed by atoms with E-state index in [1.54, 1.807) is 25.3 Å². The molecule has 3 aromatic rings. The fourth-order valence-electron chi connectivity index (χ4n) is 2.54. The minimum atomic E-state index is -0.130. The van der Waals surface area contributed by atoms with Crippen LogP contribution < -0.4 is 4.74 Å². The number of amides is 1. The normalized spacial score (nSPS) is 12.0. The molecule has 1 unspecified atom stereocenters. The summed E-state index contributed by atoms with van der Waals surface area (Å²) < 4.78 is 15.7. The minimum absolute atomic E-state index is 0.0157. The van der Waals surface area contributed by atoms with Gasteiger partial charge in [0.1, 0.15) is 11.5 Å². The first-order valence-corrected chi connectivity index (χ1v) is 8.34. The van der Waals surface area contributed by atoms with Crippen LogP contribution >= 0.6 is 0 Å². The van der Waals surface area contributed by atoms with E-state index in [-0.39, 0.29) is 18.4 Å². The number of furan rings is 1. The van der Waals surface area contributed by atoms with Crippen LogP contribution in [0.25, 0.3) is 11.4 Å². The number of hydrogen-bond donors (Lipinski definition) is 0. The van der Waals surface area contributed by atoms with Crippen molar-refractivity contribution in [1.29, 1.82) is 0 Å². The third-order valence-electron chi connectivity index (χ3n) is 4.30. The number of nitrogens with zero attached hydrogens (tertiary/aromatic N) is 3. The van der Waals surface area contributed by atoms with E-state index in [1.807, 2.05) is 43.3 Å². The maximum Gasteiger partial charge on any atom is 0.227 e. The van der Waals surface area contributed by atoms with E-state index in [1.165, 1.54) is 0 Å². The van der Waals surface area contributed by atoms with Crippen LogP contribution in [0, 0.1) is 0 Å². The number of aromatic nitrogens is 2. The second-order valence-electron chi connectivity index (χ2n) is 5.94. The predicted molar refractivity (Wildman–Crippen MR) is 94.5 cm³/mol. The molecule has 7 nitrogen and oxygen atoms in total. The molecule has 0 aliphatic carbocycles. The van der Waals surface area contributed by atoms with Gasteiger partial charge >= 0.3 is 0 Å². The lowest BCUT2D eigenvalue weighted by Crippen LogP contribution is -2.29. The van der Waals surface area contributed by atoms with Gasteiger partial charge in [-0.3, -0.25) is 4.79 Å². The smallest absolute Gasteiger partial charge is 0.227 e. The van der Waals surface area contributed by atoms with Gasteiger partial charge in [-0.05, 0) is 43.3 Å². The van der Waals surface area contributed by atoms with E-state index in [2.05, 4.69) is 10.1 Å². The lowest BCUT2D eigenvalue weighted by atomic mass is 10.2. The Labute approximate surface area is 151 Å². The number of carbonyl (C=O) groups excluding carboxylic acids is 1. The second kappa shape index (κ2) is 7.86. The van der Waals surface area contributed by atoms with Crippen LogP contribution in [0.15, 0.2) is 51.6 Å². The average Bonchev–Trinajstić information content (AvgIpc) is 3.37. The summed E-state index contributed by atoms with van der Waals surface area (Å²) in [6.45, 7) is 1.92. The summed E-state index contributed by atoms with van der Waals surface area (Å²) in [7, 11) is 3.37. The quantitative estimate of drug-likeness (QED) is 0.645. The number of benzene rings is 1. The summed E-state index contributed by atoms with van der Waals surface area (Å²) >= 11 is 0. The summed E-state index contributed by atoms with van der Waals surface area (Å²) in [5, 5.41) is 3.97. The van der Waals surface area contributed by atoms with E-state index in [9.17, 15) is 4.79 Å². The highest BCUT2D eigenvalue weighted by Gasteiger charge is 2.20. The average molecular weight is 355 g/mol. The summed E-state index contributed by atoms with van der Waals surface area (Å²) in [6.07, 6.45) is 2.27. The molecule has 0 spiro atoms. The van der Waals surface area contributed by atoms with Crippen molar-refractivity contribution < 1.29 is 18.5 Å². The summed E-state index contributed by atoms with van der Waals surface area (Å²) in [6, 6.07) is 10.9. The number of rotatable bonds is 7. The summed E-state index contributed by atoms with van der Waals surface area (Å²) in [4.78, 5) is 18.4. The van der Waals surface area contributed by atoms with E-state index >= 15 is 0 Å².